The van der Waals surface area contributed by atoms with Crippen LogP contribution in [0.3, 0.4) is 0 Å². The summed E-state index contributed by atoms with van der Waals surface area (Å²) in [6, 6.07) is 8.23. The summed E-state index contributed by atoms with van der Waals surface area (Å²) < 4.78 is 0. The molecule has 0 saturated carbocycles. The number of carbonyl (C=O) groups excluding carboxylic acids is 1. The Hall–Kier alpha value is -1.04. The van der Waals surface area contributed by atoms with Crippen molar-refractivity contribution < 1.29 is 15.0 Å². The number of hydrogen-bond acceptors (Lipinski definition) is 4. The maximum Gasteiger partial charge on any atom is 0.232 e. The number of amides is 1. The lowest BCUT2D eigenvalue weighted by molar-refractivity contribution is -0.128. The summed E-state index contributed by atoms with van der Waals surface area (Å²) in [7, 11) is 0. The van der Waals surface area contributed by atoms with Crippen LogP contribution in [0.5, 0.6) is 0 Å². The molecule has 1 aliphatic heterocycles. The second kappa shape index (κ2) is 7.99. The summed E-state index contributed by atoms with van der Waals surface area (Å²) in [4.78, 5) is 14.1. The standard InChI is InChI=1S/C17H25NO3S/c1-14-5-2-3-6-15(14)11-22-12-16(20)18-9-4-7-17(21,13-19)8-10-18/h2-3,5-6,19,21H,4,7-13H2,1H3/t17-/m1/s1. The van der Waals surface area contributed by atoms with Gasteiger partial charge in [0.1, 0.15) is 0 Å². The number of benzene rings is 1. The lowest BCUT2D eigenvalue weighted by atomic mass is 9.96. The van der Waals surface area contributed by atoms with Crippen LogP contribution in [0.4, 0.5) is 0 Å². The van der Waals surface area contributed by atoms with E-state index in [4.69, 9.17) is 0 Å². The highest BCUT2D eigenvalue weighted by Gasteiger charge is 2.30. The molecule has 0 spiro atoms. The van der Waals surface area contributed by atoms with Gasteiger partial charge in [0.05, 0.1) is 18.0 Å². The largest absolute Gasteiger partial charge is 0.393 e. The quantitative estimate of drug-likeness (QED) is 0.870. The first kappa shape index (κ1) is 17.3. The van der Waals surface area contributed by atoms with Gasteiger partial charge in [-0.3, -0.25) is 4.79 Å². The topological polar surface area (TPSA) is 60.8 Å². The van der Waals surface area contributed by atoms with Crippen molar-refractivity contribution in [1.82, 2.24) is 4.90 Å². The Balaban J connectivity index is 1.79. The molecule has 4 nitrogen and oxygen atoms in total. The normalized spacial score (nSPS) is 22.4. The predicted molar refractivity (Wildman–Crippen MR) is 89.8 cm³/mol. The zero-order chi connectivity index (χ0) is 16.0. The van der Waals surface area contributed by atoms with E-state index in [1.54, 1.807) is 11.8 Å². The van der Waals surface area contributed by atoms with Crippen molar-refractivity contribution in [2.45, 2.75) is 37.5 Å². The Morgan fingerprint density at radius 1 is 1.32 bits per heavy atom. The van der Waals surface area contributed by atoms with Gasteiger partial charge < -0.3 is 15.1 Å². The molecule has 1 saturated heterocycles. The zero-order valence-electron chi connectivity index (χ0n) is 13.1. The molecule has 1 atom stereocenters. The Bertz CT molecular complexity index is 508. The summed E-state index contributed by atoms with van der Waals surface area (Å²) in [6.07, 6.45) is 1.76. The lowest BCUT2D eigenvalue weighted by Crippen LogP contribution is -2.37. The Kier molecular flexibility index (Phi) is 6.29. The van der Waals surface area contributed by atoms with Crippen LogP contribution in [0.15, 0.2) is 24.3 Å². The molecule has 122 valence electrons. The third kappa shape index (κ3) is 4.73. The molecule has 1 fully saturated rings. The van der Waals surface area contributed by atoms with Gasteiger partial charge in [-0.2, -0.15) is 0 Å². The van der Waals surface area contributed by atoms with Crippen molar-refractivity contribution in [2.24, 2.45) is 0 Å². The molecule has 1 aromatic rings. The van der Waals surface area contributed by atoms with Gasteiger partial charge in [-0.15, -0.1) is 11.8 Å². The number of likely N-dealkylation sites (tertiary alicyclic amines) is 1. The third-order valence-electron chi connectivity index (χ3n) is 4.31. The predicted octanol–water partition coefficient (Wildman–Crippen LogP) is 1.96. The van der Waals surface area contributed by atoms with Crippen LogP contribution in [0.2, 0.25) is 0 Å². The van der Waals surface area contributed by atoms with E-state index in [2.05, 4.69) is 19.1 Å². The van der Waals surface area contributed by atoms with Crippen LogP contribution in [0, 0.1) is 6.92 Å². The minimum Gasteiger partial charge on any atom is -0.393 e. The third-order valence-corrected chi connectivity index (χ3v) is 5.27. The maximum atomic E-state index is 12.3. The number of aliphatic hydroxyl groups is 2. The fraction of sp³-hybridized carbons (Fsp3) is 0.588. The molecular weight excluding hydrogens is 298 g/mol. The number of aliphatic hydroxyl groups excluding tert-OH is 1. The summed E-state index contributed by atoms with van der Waals surface area (Å²) in [5.41, 5.74) is 1.51. The molecule has 1 amide bonds. The maximum absolute atomic E-state index is 12.3. The van der Waals surface area contributed by atoms with Crippen LogP contribution < -0.4 is 0 Å². The van der Waals surface area contributed by atoms with E-state index in [1.165, 1.54) is 11.1 Å². The van der Waals surface area contributed by atoms with E-state index in [0.29, 0.717) is 31.7 Å². The average Bonchev–Trinajstić information content (AvgIpc) is 2.72. The fourth-order valence-corrected chi connectivity index (χ4v) is 3.70. The minimum absolute atomic E-state index is 0.126. The van der Waals surface area contributed by atoms with Crippen molar-refractivity contribution in [3.8, 4) is 0 Å². The number of nitrogens with zero attached hydrogens (tertiary/aromatic N) is 1. The van der Waals surface area contributed by atoms with Crippen molar-refractivity contribution in [2.75, 3.05) is 25.4 Å². The zero-order valence-corrected chi connectivity index (χ0v) is 13.9. The summed E-state index contributed by atoms with van der Waals surface area (Å²) in [5, 5.41) is 19.4. The molecule has 0 unspecified atom stereocenters. The lowest BCUT2D eigenvalue weighted by Gasteiger charge is -2.24. The van der Waals surface area contributed by atoms with Crippen molar-refractivity contribution in [1.29, 1.82) is 0 Å². The van der Waals surface area contributed by atoms with Crippen molar-refractivity contribution >= 4 is 17.7 Å². The molecular formula is C17H25NO3S. The van der Waals surface area contributed by atoms with Crippen molar-refractivity contribution in [3.63, 3.8) is 0 Å². The highest BCUT2D eigenvalue weighted by Crippen LogP contribution is 2.23. The van der Waals surface area contributed by atoms with E-state index in [9.17, 15) is 15.0 Å². The van der Waals surface area contributed by atoms with Gasteiger partial charge in [0.15, 0.2) is 0 Å². The molecule has 2 rings (SSSR count). The average molecular weight is 323 g/mol. The molecule has 0 radical (unpaired) electrons. The van der Waals surface area contributed by atoms with Crippen LogP contribution in [-0.4, -0.2) is 52.1 Å². The van der Waals surface area contributed by atoms with Crippen molar-refractivity contribution in [3.05, 3.63) is 35.4 Å². The first-order valence-corrected chi connectivity index (χ1v) is 8.93. The van der Waals surface area contributed by atoms with Crippen LogP contribution in [0.25, 0.3) is 0 Å². The van der Waals surface area contributed by atoms with E-state index >= 15 is 0 Å². The number of thioether (sulfide) groups is 1. The van der Waals surface area contributed by atoms with Crippen LogP contribution in [-0.2, 0) is 10.5 Å². The van der Waals surface area contributed by atoms with Gasteiger partial charge in [0.25, 0.3) is 0 Å². The summed E-state index contributed by atoms with van der Waals surface area (Å²) in [5.74, 6) is 1.43. The molecule has 1 aromatic carbocycles. The Morgan fingerprint density at radius 3 is 2.82 bits per heavy atom. The Labute approximate surface area is 136 Å². The highest BCUT2D eigenvalue weighted by molar-refractivity contribution is 7.99. The molecule has 2 N–H and O–H groups in total. The summed E-state index contributed by atoms with van der Waals surface area (Å²) in [6.45, 7) is 3.06. The van der Waals surface area contributed by atoms with E-state index < -0.39 is 5.60 Å². The van der Waals surface area contributed by atoms with Gasteiger partial charge in [-0.25, -0.2) is 0 Å². The highest BCUT2D eigenvalue weighted by atomic mass is 32.2. The number of rotatable bonds is 5. The first-order valence-electron chi connectivity index (χ1n) is 7.77. The van der Waals surface area contributed by atoms with Gasteiger partial charge in [-0.1, -0.05) is 24.3 Å². The van der Waals surface area contributed by atoms with Crippen LogP contribution in [0.1, 0.15) is 30.4 Å². The van der Waals surface area contributed by atoms with Gasteiger partial charge in [-0.05, 0) is 37.3 Å². The van der Waals surface area contributed by atoms with Gasteiger partial charge in [0.2, 0.25) is 5.91 Å². The van der Waals surface area contributed by atoms with Gasteiger partial charge >= 0.3 is 0 Å². The first-order chi connectivity index (χ1) is 10.5. The summed E-state index contributed by atoms with van der Waals surface area (Å²) >= 11 is 1.63. The van der Waals surface area contributed by atoms with E-state index in [0.717, 1.165) is 12.2 Å². The second-order valence-electron chi connectivity index (χ2n) is 6.04. The second-order valence-corrected chi connectivity index (χ2v) is 7.02. The fourth-order valence-electron chi connectivity index (χ4n) is 2.70. The molecule has 0 aliphatic carbocycles. The van der Waals surface area contributed by atoms with E-state index in [1.807, 2.05) is 17.0 Å². The molecule has 1 heterocycles. The van der Waals surface area contributed by atoms with E-state index in [-0.39, 0.29) is 12.5 Å². The minimum atomic E-state index is -1.01. The molecule has 5 heteroatoms. The molecule has 1 aliphatic rings. The number of carbonyl (C=O) groups is 1. The SMILES string of the molecule is Cc1ccccc1CSCC(=O)N1CCC[C@](O)(CO)CC1. The van der Waals surface area contributed by atoms with Crippen LogP contribution >= 0.6 is 11.8 Å². The number of hydrogen-bond donors (Lipinski definition) is 2. The molecule has 0 bridgehead atoms. The van der Waals surface area contributed by atoms with Gasteiger partial charge in [0, 0.05) is 18.8 Å². The number of aryl methyl sites for hydroxylation is 1. The molecule has 22 heavy (non-hydrogen) atoms. The Morgan fingerprint density at radius 2 is 2.09 bits per heavy atom. The smallest absolute Gasteiger partial charge is 0.232 e. The molecule has 0 aromatic heterocycles. The monoisotopic (exact) mass is 323 g/mol.